The number of aliphatic hydroxyl groups excluding tert-OH is 1. The minimum atomic E-state index is -2.06. The number of carbonyl (C=O) groups excluding carboxylic acids is 2. The summed E-state index contributed by atoms with van der Waals surface area (Å²) in [7, 11) is 0. The van der Waals surface area contributed by atoms with Gasteiger partial charge in [0.15, 0.2) is 0 Å². The number of hydrogen-bond acceptors (Lipinski definition) is 11. The van der Waals surface area contributed by atoms with Gasteiger partial charge in [-0.05, 0) is 105 Å². The van der Waals surface area contributed by atoms with Crippen LogP contribution in [0, 0.1) is 5.92 Å². The Bertz CT molecular complexity index is 2580. The van der Waals surface area contributed by atoms with Crippen molar-refractivity contribution >= 4 is 22.8 Å². The molecule has 0 saturated carbocycles. The Morgan fingerprint density at radius 1 is 0.877 bits per heavy atom. The van der Waals surface area contributed by atoms with E-state index in [0.717, 1.165) is 38.0 Å². The summed E-state index contributed by atoms with van der Waals surface area (Å²) >= 11 is 0. The SMILES string of the molecule is CC(C)Oc1cc(C(=O)NCCCOc2cccc([C@](O)(C(=O)OCC3CCN(Cc4ccccc4)CC3)c3ccccc3)c2)ccc1CNC[C@H](O)c1ccc(O)c2[nH]c(=O)ccc12. The number of hydrogen-bond donors (Lipinski definition) is 6. The van der Waals surface area contributed by atoms with Crippen molar-refractivity contribution in [2.75, 3.05) is 39.4 Å². The van der Waals surface area contributed by atoms with E-state index >= 15 is 0 Å². The Balaban J connectivity index is 0.899. The molecule has 65 heavy (non-hydrogen) atoms. The van der Waals surface area contributed by atoms with Crippen LogP contribution in [-0.4, -0.2) is 82.6 Å². The van der Waals surface area contributed by atoms with Crippen LogP contribution in [0.15, 0.2) is 132 Å². The number of carbonyl (C=O) groups is 2. The summed E-state index contributed by atoms with van der Waals surface area (Å²) in [5.74, 6) is 0.0913. The molecule has 2 atom stereocenters. The fourth-order valence-electron chi connectivity index (χ4n) is 8.12. The molecule has 5 aromatic carbocycles. The van der Waals surface area contributed by atoms with Crippen molar-refractivity contribution in [3.8, 4) is 17.2 Å². The number of fused-ring (bicyclic) bond motifs is 1. The summed E-state index contributed by atoms with van der Waals surface area (Å²) in [5.41, 5.74) is 1.62. The number of esters is 1. The molecule has 0 radical (unpaired) electrons. The van der Waals surface area contributed by atoms with Gasteiger partial charge in [0.2, 0.25) is 11.2 Å². The number of rotatable bonds is 20. The largest absolute Gasteiger partial charge is 0.506 e. The molecule has 1 aliphatic heterocycles. The molecular weight excluding hydrogens is 825 g/mol. The zero-order valence-corrected chi connectivity index (χ0v) is 36.9. The molecule has 0 unspecified atom stereocenters. The average molecular weight is 883 g/mol. The monoisotopic (exact) mass is 882 g/mol. The van der Waals surface area contributed by atoms with Crippen molar-refractivity contribution in [3.05, 3.63) is 171 Å². The number of nitrogens with zero attached hydrogens (tertiary/aromatic N) is 1. The summed E-state index contributed by atoms with van der Waals surface area (Å²) in [5, 5.41) is 40.1. The number of H-pyrrole nitrogens is 1. The molecule has 1 saturated heterocycles. The van der Waals surface area contributed by atoms with Gasteiger partial charge < -0.3 is 45.1 Å². The highest BCUT2D eigenvalue weighted by Gasteiger charge is 2.42. The standard InChI is InChI=1S/C52H58N4O9/c1-35(2)65-47-29-38(17-18-39(47)31-53-32-46(58)43-19-21-45(57)49-44(43)20-22-48(59)55-49)50(60)54-25-10-28-63-42-16-9-15-41(30-42)52(62,40-13-7-4-8-14-40)51(61)64-34-37-23-26-56(27-24-37)33-36-11-5-3-6-12-36/h3-9,11-22,29-30,35,37,46,53,57-58,62H,10,23-28,31-34H2,1-2H3,(H,54,60)(H,55,59)/t46-,52-/m0/s1. The zero-order chi connectivity index (χ0) is 45.8. The topological polar surface area (TPSA) is 183 Å². The van der Waals surface area contributed by atoms with E-state index in [1.165, 1.54) is 17.7 Å². The van der Waals surface area contributed by atoms with Gasteiger partial charge in [0.1, 0.15) is 17.2 Å². The van der Waals surface area contributed by atoms with Gasteiger partial charge in [-0.15, -0.1) is 0 Å². The molecule has 0 spiro atoms. The minimum absolute atomic E-state index is 0.0804. The van der Waals surface area contributed by atoms with Crippen LogP contribution >= 0.6 is 0 Å². The number of phenolic OH excluding ortho intramolecular Hbond substituents is 1. The molecule has 1 amide bonds. The molecule has 0 bridgehead atoms. The van der Waals surface area contributed by atoms with Crippen molar-refractivity contribution in [3.63, 3.8) is 0 Å². The normalized spacial score (nSPS) is 14.7. The molecule has 13 nitrogen and oxygen atoms in total. The third-order valence-corrected chi connectivity index (χ3v) is 11.6. The molecule has 6 N–H and O–H groups in total. The third-order valence-electron chi connectivity index (χ3n) is 11.6. The summed E-state index contributed by atoms with van der Waals surface area (Å²) in [6, 6.07) is 37.2. The summed E-state index contributed by atoms with van der Waals surface area (Å²) in [6.45, 7) is 7.83. The first-order valence-electron chi connectivity index (χ1n) is 22.2. The maximum atomic E-state index is 13.9. The number of likely N-dealkylation sites (tertiary alicyclic amines) is 1. The van der Waals surface area contributed by atoms with Gasteiger partial charge in [0.25, 0.3) is 5.91 Å². The van der Waals surface area contributed by atoms with E-state index in [2.05, 4.69) is 44.8 Å². The van der Waals surface area contributed by atoms with Gasteiger partial charge in [0.05, 0.1) is 30.9 Å². The van der Waals surface area contributed by atoms with E-state index in [1.54, 1.807) is 72.8 Å². The molecule has 1 fully saturated rings. The maximum Gasteiger partial charge on any atom is 0.347 e. The number of amides is 1. The van der Waals surface area contributed by atoms with E-state index < -0.39 is 17.7 Å². The van der Waals surface area contributed by atoms with Gasteiger partial charge in [-0.3, -0.25) is 14.5 Å². The van der Waals surface area contributed by atoms with Crippen LogP contribution < -0.4 is 25.7 Å². The summed E-state index contributed by atoms with van der Waals surface area (Å²) < 4.78 is 18.0. The Morgan fingerprint density at radius 2 is 1.62 bits per heavy atom. The number of pyridine rings is 1. The fraction of sp³-hybridized carbons (Fsp3) is 0.327. The van der Waals surface area contributed by atoms with E-state index in [-0.39, 0.29) is 54.5 Å². The van der Waals surface area contributed by atoms with Crippen LogP contribution in [-0.2, 0) is 28.2 Å². The lowest BCUT2D eigenvalue weighted by Crippen LogP contribution is -2.40. The van der Waals surface area contributed by atoms with Gasteiger partial charge in [0, 0.05) is 54.3 Å². The molecule has 7 rings (SSSR count). The minimum Gasteiger partial charge on any atom is -0.506 e. The first-order chi connectivity index (χ1) is 31.5. The van der Waals surface area contributed by atoms with Crippen LogP contribution in [0.3, 0.4) is 0 Å². The number of ether oxygens (including phenoxy) is 3. The predicted octanol–water partition coefficient (Wildman–Crippen LogP) is 6.73. The van der Waals surface area contributed by atoms with Crippen LogP contribution in [0.2, 0.25) is 0 Å². The average Bonchev–Trinajstić information content (AvgIpc) is 3.32. The molecular formula is C52H58N4O9. The number of aromatic amines is 1. The lowest BCUT2D eigenvalue weighted by molar-refractivity contribution is -0.164. The van der Waals surface area contributed by atoms with Crippen molar-refractivity contribution in [2.45, 2.75) is 64.0 Å². The maximum absolute atomic E-state index is 13.9. The lowest BCUT2D eigenvalue weighted by atomic mass is 9.86. The fourth-order valence-corrected chi connectivity index (χ4v) is 8.12. The summed E-state index contributed by atoms with van der Waals surface area (Å²) in [4.78, 5) is 44.0. The van der Waals surface area contributed by atoms with Crippen molar-refractivity contribution in [1.82, 2.24) is 20.5 Å². The molecule has 1 aromatic heterocycles. The molecule has 0 aliphatic carbocycles. The highest BCUT2D eigenvalue weighted by Crippen LogP contribution is 2.34. The molecule has 2 heterocycles. The van der Waals surface area contributed by atoms with Gasteiger partial charge in [-0.2, -0.15) is 0 Å². The second-order valence-electron chi connectivity index (χ2n) is 16.8. The van der Waals surface area contributed by atoms with Crippen molar-refractivity contribution in [2.24, 2.45) is 5.92 Å². The Kier molecular flexibility index (Phi) is 15.7. The second-order valence-corrected chi connectivity index (χ2v) is 16.8. The van der Waals surface area contributed by atoms with Crippen molar-refractivity contribution in [1.29, 1.82) is 0 Å². The van der Waals surface area contributed by atoms with Gasteiger partial charge in [-0.25, -0.2) is 4.79 Å². The number of piperidine rings is 1. The quantitative estimate of drug-likeness (QED) is 0.0353. The Hall–Kier alpha value is -6.51. The van der Waals surface area contributed by atoms with E-state index in [1.807, 2.05) is 32.0 Å². The van der Waals surface area contributed by atoms with Gasteiger partial charge >= 0.3 is 5.97 Å². The smallest absolute Gasteiger partial charge is 0.347 e. The van der Waals surface area contributed by atoms with Gasteiger partial charge in [-0.1, -0.05) is 84.9 Å². The summed E-state index contributed by atoms with van der Waals surface area (Å²) in [6.07, 6.45) is 1.18. The number of aliphatic hydroxyl groups is 2. The Labute approximate surface area is 379 Å². The number of benzene rings is 5. The Morgan fingerprint density at radius 3 is 2.37 bits per heavy atom. The van der Waals surface area contributed by atoms with E-state index in [0.29, 0.717) is 58.6 Å². The number of aromatic nitrogens is 1. The van der Waals surface area contributed by atoms with E-state index in [9.17, 15) is 29.7 Å². The highest BCUT2D eigenvalue weighted by molar-refractivity contribution is 5.94. The highest BCUT2D eigenvalue weighted by atomic mass is 16.6. The lowest BCUT2D eigenvalue weighted by Gasteiger charge is -2.33. The predicted molar refractivity (Wildman–Crippen MR) is 249 cm³/mol. The zero-order valence-electron chi connectivity index (χ0n) is 36.9. The first kappa shape index (κ1) is 46.5. The molecule has 6 aromatic rings. The molecule has 1 aliphatic rings. The van der Waals surface area contributed by atoms with E-state index in [4.69, 9.17) is 14.2 Å². The molecule has 340 valence electrons. The number of phenols is 1. The number of aromatic hydroxyl groups is 1. The number of nitrogens with one attached hydrogen (secondary N) is 3. The van der Waals surface area contributed by atoms with Crippen LogP contribution in [0.4, 0.5) is 0 Å². The van der Waals surface area contributed by atoms with Crippen molar-refractivity contribution < 1.29 is 39.1 Å². The van der Waals surface area contributed by atoms with Crippen LogP contribution in [0.25, 0.3) is 10.9 Å². The van der Waals surface area contributed by atoms with Crippen LogP contribution in [0.1, 0.15) is 77.4 Å². The molecule has 13 heteroatoms. The third kappa shape index (κ3) is 12.0. The first-order valence-corrected chi connectivity index (χ1v) is 22.2. The van der Waals surface area contributed by atoms with Crippen LogP contribution in [0.5, 0.6) is 17.2 Å². The second kappa shape index (κ2) is 21.9.